The van der Waals surface area contributed by atoms with Gasteiger partial charge in [-0.25, -0.2) is 9.18 Å². The summed E-state index contributed by atoms with van der Waals surface area (Å²) in [5, 5.41) is 8.88. The minimum absolute atomic E-state index is 0.00441. The molecule has 1 aliphatic heterocycles. The number of hydrogen-bond donors (Lipinski definition) is 2. The number of thiol groups is 1. The fourth-order valence-corrected chi connectivity index (χ4v) is 3.50. The highest BCUT2D eigenvalue weighted by molar-refractivity contribution is 7.81. The van der Waals surface area contributed by atoms with Gasteiger partial charge in [0.25, 0.3) is 0 Å². The lowest BCUT2D eigenvalue weighted by atomic mass is 9.93. The van der Waals surface area contributed by atoms with E-state index in [1.807, 2.05) is 4.90 Å². The molecule has 128 valence electrons. The summed E-state index contributed by atoms with van der Waals surface area (Å²) in [6, 6.07) is 5.69. The average Bonchev–Trinajstić information content (AvgIpc) is 3.36. The van der Waals surface area contributed by atoms with Gasteiger partial charge in [0.15, 0.2) is 5.78 Å². The van der Waals surface area contributed by atoms with E-state index in [9.17, 15) is 14.0 Å². The molecule has 1 aromatic rings. The standard InChI is InChI=1S/C18H20FNO3S/c19-14-4-2-1-3-13(14)17(18(23)11-5-6-11)20-8-7-15(24)12(10-20)9-16(21)22/h1-4,9,11,15,17,24H,5-8,10H2,(H,21,22)/b12-9-/t15-,17-/m1/s1. The van der Waals surface area contributed by atoms with Crippen LogP contribution < -0.4 is 0 Å². The van der Waals surface area contributed by atoms with Crippen LogP contribution in [0.5, 0.6) is 0 Å². The number of carboxylic acids is 1. The van der Waals surface area contributed by atoms with Crippen molar-refractivity contribution in [2.45, 2.75) is 30.6 Å². The van der Waals surface area contributed by atoms with Crippen molar-refractivity contribution in [2.24, 2.45) is 5.92 Å². The van der Waals surface area contributed by atoms with Gasteiger partial charge in [0, 0.05) is 35.9 Å². The third kappa shape index (κ3) is 3.70. The molecule has 1 saturated heterocycles. The fraction of sp³-hybridized carbons (Fsp3) is 0.444. The number of benzene rings is 1. The van der Waals surface area contributed by atoms with E-state index in [2.05, 4.69) is 12.6 Å². The van der Waals surface area contributed by atoms with Crippen molar-refractivity contribution in [3.05, 3.63) is 47.3 Å². The van der Waals surface area contributed by atoms with E-state index in [-0.39, 0.29) is 17.0 Å². The lowest BCUT2D eigenvalue weighted by Gasteiger charge is -2.37. The number of halogens is 1. The number of likely N-dealkylation sites (tertiary alicyclic amines) is 1. The largest absolute Gasteiger partial charge is 0.478 e. The van der Waals surface area contributed by atoms with Crippen molar-refractivity contribution in [2.75, 3.05) is 13.1 Å². The first-order valence-corrected chi connectivity index (χ1v) is 8.62. The van der Waals surface area contributed by atoms with Crippen LogP contribution in [-0.2, 0) is 9.59 Å². The number of rotatable bonds is 5. The minimum atomic E-state index is -1.03. The highest BCUT2D eigenvalue weighted by Gasteiger charge is 2.40. The number of carbonyl (C=O) groups excluding carboxylic acids is 1. The predicted octanol–water partition coefficient (Wildman–Crippen LogP) is 2.86. The van der Waals surface area contributed by atoms with E-state index in [1.165, 1.54) is 6.07 Å². The van der Waals surface area contributed by atoms with Gasteiger partial charge >= 0.3 is 5.97 Å². The van der Waals surface area contributed by atoms with Crippen LogP contribution in [0.25, 0.3) is 0 Å². The molecule has 0 amide bonds. The number of Topliss-reactive ketones (excluding diaryl/α,β-unsaturated/α-hetero) is 1. The molecule has 6 heteroatoms. The molecule has 3 rings (SSSR count). The summed E-state index contributed by atoms with van der Waals surface area (Å²) in [5.41, 5.74) is 1.03. The number of nitrogens with zero attached hydrogens (tertiary/aromatic N) is 1. The zero-order chi connectivity index (χ0) is 17.3. The number of carbonyl (C=O) groups is 2. The molecule has 0 spiro atoms. The lowest BCUT2D eigenvalue weighted by Crippen LogP contribution is -2.42. The molecular formula is C18H20FNO3S. The first-order chi connectivity index (χ1) is 11.5. The van der Waals surface area contributed by atoms with Crippen molar-refractivity contribution >= 4 is 24.4 Å². The third-order valence-electron chi connectivity index (χ3n) is 4.63. The van der Waals surface area contributed by atoms with Gasteiger partial charge in [0.2, 0.25) is 0 Å². The molecule has 2 atom stereocenters. The lowest BCUT2D eigenvalue weighted by molar-refractivity contribution is -0.131. The molecule has 1 aromatic carbocycles. The van der Waals surface area contributed by atoms with Crippen LogP contribution in [0.2, 0.25) is 0 Å². The maximum atomic E-state index is 14.3. The highest BCUT2D eigenvalue weighted by Crippen LogP contribution is 2.39. The van der Waals surface area contributed by atoms with Crippen LogP contribution in [-0.4, -0.2) is 40.1 Å². The van der Waals surface area contributed by atoms with E-state index in [0.717, 1.165) is 18.9 Å². The zero-order valence-corrected chi connectivity index (χ0v) is 14.1. The smallest absolute Gasteiger partial charge is 0.328 e. The Morgan fingerprint density at radius 3 is 2.62 bits per heavy atom. The van der Waals surface area contributed by atoms with E-state index < -0.39 is 17.8 Å². The topological polar surface area (TPSA) is 57.6 Å². The predicted molar refractivity (Wildman–Crippen MR) is 91.6 cm³/mol. The molecule has 1 saturated carbocycles. The SMILES string of the molecule is O=C(O)/C=C1/CN([C@@H](C(=O)C2CC2)c2ccccc2F)CC[C@H]1S. The summed E-state index contributed by atoms with van der Waals surface area (Å²) in [5.74, 6) is -1.39. The Labute approximate surface area is 145 Å². The molecule has 0 radical (unpaired) electrons. The summed E-state index contributed by atoms with van der Waals surface area (Å²) in [4.78, 5) is 25.7. The van der Waals surface area contributed by atoms with Crippen LogP contribution in [0.4, 0.5) is 4.39 Å². The molecule has 1 aliphatic carbocycles. The van der Waals surface area contributed by atoms with Crippen LogP contribution in [0.3, 0.4) is 0 Å². The molecular weight excluding hydrogens is 329 g/mol. The Hall–Kier alpha value is -1.66. The number of piperidine rings is 1. The molecule has 0 unspecified atom stereocenters. The van der Waals surface area contributed by atoms with Crippen LogP contribution in [0.15, 0.2) is 35.9 Å². The Bertz CT molecular complexity index is 687. The number of ketones is 1. The van der Waals surface area contributed by atoms with Gasteiger partial charge in [-0.15, -0.1) is 0 Å². The minimum Gasteiger partial charge on any atom is -0.478 e. The molecule has 0 bridgehead atoms. The second-order valence-electron chi connectivity index (χ2n) is 6.43. The Kier molecular flexibility index (Phi) is 5.06. The van der Waals surface area contributed by atoms with Crippen LogP contribution in [0, 0.1) is 11.7 Å². The molecule has 0 aromatic heterocycles. The van der Waals surface area contributed by atoms with E-state index >= 15 is 0 Å². The first kappa shape index (κ1) is 17.2. The molecule has 2 aliphatic rings. The molecule has 4 nitrogen and oxygen atoms in total. The maximum absolute atomic E-state index is 14.3. The maximum Gasteiger partial charge on any atom is 0.328 e. The molecule has 1 heterocycles. The summed E-state index contributed by atoms with van der Waals surface area (Å²) >= 11 is 4.44. The average molecular weight is 349 g/mol. The summed E-state index contributed by atoms with van der Waals surface area (Å²) in [6.45, 7) is 0.903. The fourth-order valence-electron chi connectivity index (χ4n) is 3.23. The van der Waals surface area contributed by atoms with Gasteiger partial charge in [0.1, 0.15) is 5.82 Å². The Balaban J connectivity index is 1.92. The van der Waals surface area contributed by atoms with Crippen molar-refractivity contribution in [3.8, 4) is 0 Å². The first-order valence-electron chi connectivity index (χ1n) is 8.11. The van der Waals surface area contributed by atoms with Crippen LogP contribution >= 0.6 is 12.6 Å². The molecule has 24 heavy (non-hydrogen) atoms. The second kappa shape index (κ2) is 7.07. The van der Waals surface area contributed by atoms with E-state index in [0.29, 0.717) is 30.6 Å². The summed E-state index contributed by atoms with van der Waals surface area (Å²) < 4.78 is 14.3. The van der Waals surface area contributed by atoms with Crippen molar-refractivity contribution in [1.29, 1.82) is 0 Å². The van der Waals surface area contributed by atoms with Crippen molar-refractivity contribution in [3.63, 3.8) is 0 Å². The van der Waals surface area contributed by atoms with E-state index in [4.69, 9.17) is 5.11 Å². The second-order valence-corrected chi connectivity index (χ2v) is 7.06. The Morgan fingerprint density at radius 1 is 1.29 bits per heavy atom. The zero-order valence-electron chi connectivity index (χ0n) is 13.2. The molecule has 1 N–H and O–H groups in total. The van der Waals surface area contributed by atoms with E-state index in [1.54, 1.807) is 18.2 Å². The monoisotopic (exact) mass is 349 g/mol. The van der Waals surface area contributed by atoms with Gasteiger partial charge < -0.3 is 5.11 Å². The number of hydrogen-bond acceptors (Lipinski definition) is 4. The van der Waals surface area contributed by atoms with Gasteiger partial charge in [-0.1, -0.05) is 18.2 Å². The van der Waals surface area contributed by atoms with Crippen molar-refractivity contribution < 1.29 is 19.1 Å². The van der Waals surface area contributed by atoms with Gasteiger partial charge in [-0.3, -0.25) is 9.69 Å². The summed E-state index contributed by atoms with van der Waals surface area (Å²) in [6.07, 6.45) is 3.49. The highest BCUT2D eigenvalue weighted by atomic mass is 32.1. The third-order valence-corrected chi connectivity index (χ3v) is 5.22. The quantitative estimate of drug-likeness (QED) is 0.634. The number of carboxylic acid groups (broad SMARTS) is 1. The van der Waals surface area contributed by atoms with Crippen LogP contribution in [0.1, 0.15) is 30.9 Å². The van der Waals surface area contributed by atoms with Gasteiger partial charge in [0.05, 0.1) is 6.04 Å². The summed E-state index contributed by atoms with van der Waals surface area (Å²) in [7, 11) is 0. The van der Waals surface area contributed by atoms with Gasteiger partial charge in [-0.05, 0) is 30.9 Å². The van der Waals surface area contributed by atoms with Crippen molar-refractivity contribution in [1.82, 2.24) is 4.90 Å². The normalized spacial score (nSPS) is 24.8. The number of aliphatic carboxylic acids is 1. The Morgan fingerprint density at radius 2 is 2.00 bits per heavy atom. The van der Waals surface area contributed by atoms with Gasteiger partial charge in [-0.2, -0.15) is 12.6 Å². The molecule has 2 fully saturated rings.